The fourth-order valence-corrected chi connectivity index (χ4v) is 0. The maximum Gasteiger partial charge on any atom is 3.00 e. The van der Waals surface area contributed by atoms with Gasteiger partial charge in [-0.25, -0.2) is 4.79 Å². The molecule has 0 aromatic heterocycles. The van der Waals surface area contributed by atoms with Gasteiger partial charge in [0.05, 0.1) is 0 Å². The fraction of sp³-hybridized carbons (Fsp3) is 0.667. The van der Waals surface area contributed by atoms with Crippen LogP contribution in [0.3, 0.4) is 0 Å². The molecule has 0 amide bonds. The van der Waals surface area contributed by atoms with Crippen LogP contribution < -0.4 is 0 Å². The van der Waals surface area contributed by atoms with Crippen LogP contribution in [0.2, 0.25) is 0 Å². The molecule has 0 spiro atoms. The minimum absolute atomic E-state index is 0. The Kier molecular flexibility index (Phi) is 52.3. The van der Waals surface area contributed by atoms with Gasteiger partial charge in [-0.15, -0.1) is 0 Å². The molecule has 0 aliphatic heterocycles. The molecule has 0 rings (SSSR count). The normalized spacial score (nSPS) is 8.20. The zero-order chi connectivity index (χ0) is 5.15. The van der Waals surface area contributed by atoms with Crippen LogP contribution in [-0.2, 0) is 4.79 Å². The standard InChI is InChI=1S/C3H6O3.Al.3H2O/c1-2(4)3(5)6;;;;/h2,4H,1H3,(H,5,6);;3*1H2/q;+3;;;/p-3. The van der Waals surface area contributed by atoms with E-state index in [4.69, 9.17) is 10.2 Å². The van der Waals surface area contributed by atoms with Crippen LogP contribution in [0.4, 0.5) is 0 Å². The van der Waals surface area contributed by atoms with Crippen molar-refractivity contribution in [3.05, 3.63) is 0 Å². The Morgan fingerprint density at radius 3 is 1.40 bits per heavy atom. The van der Waals surface area contributed by atoms with Crippen molar-refractivity contribution < 1.29 is 31.4 Å². The van der Waals surface area contributed by atoms with E-state index in [0.29, 0.717) is 0 Å². The predicted octanol–water partition coefficient (Wildman–Crippen LogP) is -1.46. The van der Waals surface area contributed by atoms with E-state index in [-0.39, 0.29) is 33.8 Å². The van der Waals surface area contributed by atoms with Gasteiger partial charge in [0.25, 0.3) is 0 Å². The van der Waals surface area contributed by atoms with Crippen molar-refractivity contribution in [1.82, 2.24) is 0 Å². The van der Waals surface area contributed by atoms with Gasteiger partial charge in [-0.1, -0.05) is 0 Å². The maximum absolute atomic E-state index is 9.45. The van der Waals surface area contributed by atoms with Gasteiger partial charge >= 0.3 is 23.3 Å². The van der Waals surface area contributed by atoms with Gasteiger partial charge in [0.2, 0.25) is 0 Å². The van der Waals surface area contributed by atoms with Crippen molar-refractivity contribution in [2.24, 2.45) is 0 Å². The Bertz CT molecular complexity index is 64.0. The quantitative estimate of drug-likeness (QED) is 0.457. The van der Waals surface area contributed by atoms with E-state index in [9.17, 15) is 4.79 Å². The molecule has 0 aromatic carbocycles. The first-order chi connectivity index (χ1) is 2.64. The molecule has 0 bridgehead atoms. The third-order valence-corrected chi connectivity index (χ3v) is 0.357. The molecule has 0 aliphatic rings. The Labute approximate surface area is 68.5 Å². The van der Waals surface area contributed by atoms with Gasteiger partial charge in [0.15, 0.2) is 0 Å². The number of rotatable bonds is 1. The molecule has 5 N–H and O–H groups in total. The molecular formula is C3H9AlO6. The van der Waals surface area contributed by atoms with E-state index >= 15 is 0 Å². The molecule has 0 radical (unpaired) electrons. The molecule has 1 atom stereocenters. The van der Waals surface area contributed by atoms with Crippen molar-refractivity contribution in [2.45, 2.75) is 13.0 Å². The first-order valence-corrected chi connectivity index (χ1v) is 1.55. The van der Waals surface area contributed by atoms with E-state index < -0.39 is 12.1 Å². The largest absolute Gasteiger partial charge is 3.00 e. The van der Waals surface area contributed by atoms with E-state index in [2.05, 4.69) is 0 Å². The van der Waals surface area contributed by atoms with Crippen molar-refractivity contribution in [1.29, 1.82) is 0 Å². The monoisotopic (exact) mass is 168 g/mol. The molecule has 0 aromatic rings. The second-order valence-electron chi connectivity index (χ2n) is 1.01. The number of aliphatic hydroxyl groups is 1. The topological polar surface area (TPSA) is 148 Å². The summed E-state index contributed by atoms with van der Waals surface area (Å²) in [5.41, 5.74) is 0. The molecule has 0 fully saturated rings. The Morgan fingerprint density at radius 2 is 1.40 bits per heavy atom. The number of carboxylic acids is 1. The molecule has 1 unspecified atom stereocenters. The van der Waals surface area contributed by atoms with Crippen molar-refractivity contribution >= 4 is 23.3 Å². The van der Waals surface area contributed by atoms with Crippen LogP contribution in [0.1, 0.15) is 6.92 Å². The third kappa shape index (κ3) is 24.9. The molecule has 0 aliphatic carbocycles. The van der Waals surface area contributed by atoms with Crippen molar-refractivity contribution in [3.8, 4) is 0 Å². The summed E-state index contributed by atoms with van der Waals surface area (Å²) < 4.78 is 0. The number of hydrogen-bond donors (Lipinski definition) is 2. The van der Waals surface area contributed by atoms with E-state index in [0.717, 1.165) is 0 Å². The van der Waals surface area contributed by atoms with Crippen molar-refractivity contribution in [2.75, 3.05) is 0 Å². The van der Waals surface area contributed by atoms with Gasteiger partial charge < -0.3 is 26.6 Å². The predicted molar refractivity (Wildman–Crippen MR) is 30.9 cm³/mol. The smallest absolute Gasteiger partial charge is 0.870 e. The molecule has 0 saturated heterocycles. The number of carboxylic acid groups (broad SMARTS) is 1. The number of hydrogen-bond acceptors (Lipinski definition) is 5. The Hall–Kier alpha value is -0.158. The summed E-state index contributed by atoms with van der Waals surface area (Å²) in [6, 6.07) is 0. The molecule has 0 saturated carbocycles. The van der Waals surface area contributed by atoms with Gasteiger partial charge in [0.1, 0.15) is 6.10 Å². The second kappa shape index (κ2) is 15.9. The Morgan fingerprint density at radius 1 is 1.30 bits per heavy atom. The molecule has 10 heavy (non-hydrogen) atoms. The first-order valence-electron chi connectivity index (χ1n) is 1.55. The maximum atomic E-state index is 9.45. The van der Waals surface area contributed by atoms with Gasteiger partial charge in [-0.05, 0) is 6.92 Å². The average Bonchev–Trinajstić information content (AvgIpc) is 1.36. The van der Waals surface area contributed by atoms with Crippen LogP contribution in [0, 0.1) is 0 Å². The second-order valence-corrected chi connectivity index (χ2v) is 1.01. The minimum atomic E-state index is -1.23. The summed E-state index contributed by atoms with van der Waals surface area (Å²) in [6.07, 6.45) is -1.23. The molecule has 60 valence electrons. The zero-order valence-corrected chi connectivity index (χ0v) is 6.45. The SMILES string of the molecule is CC(O)C(=O)O.[Al+3].[OH-].[OH-].[OH-]. The number of aliphatic hydroxyl groups excluding tert-OH is 1. The van der Waals surface area contributed by atoms with Crippen LogP contribution in [-0.4, -0.2) is 56.1 Å². The molecular weight excluding hydrogens is 159 g/mol. The third-order valence-electron chi connectivity index (χ3n) is 0.357. The Balaban J connectivity index is -0.0000000208. The summed E-state index contributed by atoms with van der Waals surface area (Å²) in [7, 11) is 0. The molecule has 7 heteroatoms. The number of aliphatic carboxylic acids is 1. The summed E-state index contributed by atoms with van der Waals surface area (Å²) >= 11 is 0. The van der Waals surface area contributed by atoms with Crippen LogP contribution in [0.5, 0.6) is 0 Å². The summed E-state index contributed by atoms with van der Waals surface area (Å²) in [5, 5.41) is 15.8. The van der Waals surface area contributed by atoms with Crippen LogP contribution in [0.25, 0.3) is 0 Å². The molecule has 0 heterocycles. The molecule has 6 nitrogen and oxygen atoms in total. The first kappa shape index (κ1) is 32.8. The van der Waals surface area contributed by atoms with E-state index in [1.807, 2.05) is 0 Å². The average molecular weight is 168 g/mol. The van der Waals surface area contributed by atoms with Gasteiger partial charge in [0, 0.05) is 0 Å². The van der Waals surface area contributed by atoms with Crippen LogP contribution >= 0.6 is 0 Å². The van der Waals surface area contributed by atoms with Gasteiger partial charge in [-0.3, -0.25) is 0 Å². The number of carbonyl (C=O) groups is 1. The van der Waals surface area contributed by atoms with E-state index in [1.54, 1.807) is 0 Å². The summed E-state index contributed by atoms with van der Waals surface area (Å²) in [6.45, 7) is 1.20. The minimum Gasteiger partial charge on any atom is -0.870 e. The van der Waals surface area contributed by atoms with Gasteiger partial charge in [-0.2, -0.15) is 0 Å². The fourth-order valence-electron chi connectivity index (χ4n) is 0. The van der Waals surface area contributed by atoms with Crippen LogP contribution in [0.15, 0.2) is 0 Å². The van der Waals surface area contributed by atoms with Crippen molar-refractivity contribution in [3.63, 3.8) is 0 Å². The summed E-state index contributed by atoms with van der Waals surface area (Å²) in [5.74, 6) is -1.19. The zero-order valence-electron chi connectivity index (χ0n) is 5.30. The summed E-state index contributed by atoms with van der Waals surface area (Å²) in [4.78, 5) is 9.45. The van der Waals surface area contributed by atoms with E-state index in [1.165, 1.54) is 6.92 Å².